The second kappa shape index (κ2) is 7.96. The van der Waals surface area contributed by atoms with Gasteiger partial charge in [0, 0.05) is 22.8 Å². The van der Waals surface area contributed by atoms with Gasteiger partial charge in [0.2, 0.25) is 5.16 Å². The molecule has 0 N–H and O–H groups in total. The van der Waals surface area contributed by atoms with Crippen molar-refractivity contribution in [3.8, 4) is 0 Å². The molecule has 2 aromatic heterocycles. The molecule has 0 amide bonds. The van der Waals surface area contributed by atoms with Crippen molar-refractivity contribution in [2.24, 2.45) is 0 Å². The number of hydrogen-bond donors (Lipinski definition) is 0. The number of carbonyl (C=O) groups is 1. The first-order chi connectivity index (χ1) is 14.5. The standard InChI is InChI=1S/C23H19BrN4OS/c1-14-3-2-4-16(9-14)17-10-20-19(21(29)11-17)12-28-22(25-20)26-23(27-28)30-13-15-5-7-18(24)8-6-15/h2-9,12,17H,10-11,13H2,1H3. The van der Waals surface area contributed by atoms with E-state index in [-0.39, 0.29) is 11.7 Å². The average molecular weight is 479 g/mol. The summed E-state index contributed by atoms with van der Waals surface area (Å²) < 4.78 is 2.69. The number of thioether (sulfide) groups is 1. The van der Waals surface area contributed by atoms with Gasteiger partial charge in [-0.3, -0.25) is 4.79 Å². The van der Waals surface area contributed by atoms with E-state index in [4.69, 9.17) is 4.98 Å². The molecule has 0 aliphatic heterocycles. The van der Waals surface area contributed by atoms with Crippen LogP contribution in [0.25, 0.3) is 5.78 Å². The molecule has 0 saturated heterocycles. The fourth-order valence-corrected chi connectivity index (χ4v) is 4.86. The number of nitrogens with zero attached hydrogens (tertiary/aromatic N) is 4. The molecule has 2 aromatic carbocycles. The van der Waals surface area contributed by atoms with E-state index in [2.05, 4.69) is 69.3 Å². The number of rotatable bonds is 4. The predicted molar refractivity (Wildman–Crippen MR) is 121 cm³/mol. The predicted octanol–water partition coefficient (Wildman–Crippen LogP) is 5.40. The molecule has 7 heteroatoms. The van der Waals surface area contributed by atoms with E-state index in [0.29, 0.717) is 22.9 Å². The van der Waals surface area contributed by atoms with Crippen molar-refractivity contribution in [1.82, 2.24) is 19.6 Å². The summed E-state index contributed by atoms with van der Waals surface area (Å²) in [4.78, 5) is 22.1. The number of benzene rings is 2. The maximum Gasteiger partial charge on any atom is 0.253 e. The lowest BCUT2D eigenvalue weighted by Crippen LogP contribution is -2.21. The van der Waals surface area contributed by atoms with Gasteiger partial charge in [-0.2, -0.15) is 4.98 Å². The highest BCUT2D eigenvalue weighted by Crippen LogP contribution is 2.32. The Hall–Kier alpha value is -2.51. The van der Waals surface area contributed by atoms with Crippen LogP contribution in [-0.2, 0) is 12.2 Å². The van der Waals surface area contributed by atoms with E-state index in [0.717, 1.165) is 22.3 Å². The summed E-state index contributed by atoms with van der Waals surface area (Å²) in [5.41, 5.74) is 5.09. The molecule has 5 nitrogen and oxygen atoms in total. The second-order valence-corrected chi connectivity index (χ2v) is 9.46. The van der Waals surface area contributed by atoms with Gasteiger partial charge < -0.3 is 0 Å². The van der Waals surface area contributed by atoms with Gasteiger partial charge in [0.15, 0.2) is 5.78 Å². The van der Waals surface area contributed by atoms with Gasteiger partial charge in [0.1, 0.15) is 0 Å². The number of ketones is 1. The molecule has 0 spiro atoms. The van der Waals surface area contributed by atoms with Crippen LogP contribution in [0, 0.1) is 6.92 Å². The summed E-state index contributed by atoms with van der Waals surface area (Å²) in [7, 11) is 0. The van der Waals surface area contributed by atoms with Gasteiger partial charge in [0.25, 0.3) is 5.78 Å². The van der Waals surface area contributed by atoms with Crippen molar-refractivity contribution < 1.29 is 4.79 Å². The largest absolute Gasteiger partial charge is 0.294 e. The monoisotopic (exact) mass is 478 g/mol. The van der Waals surface area contributed by atoms with Crippen molar-refractivity contribution in [3.63, 3.8) is 0 Å². The summed E-state index contributed by atoms with van der Waals surface area (Å²) in [6.45, 7) is 2.08. The zero-order chi connectivity index (χ0) is 20.7. The highest BCUT2D eigenvalue weighted by atomic mass is 79.9. The Balaban J connectivity index is 1.40. The van der Waals surface area contributed by atoms with Crippen molar-refractivity contribution in [3.05, 3.63) is 87.1 Å². The van der Waals surface area contributed by atoms with Crippen LogP contribution in [0.15, 0.2) is 64.4 Å². The lowest BCUT2D eigenvalue weighted by molar-refractivity contribution is 0.0962. The molecule has 1 aliphatic carbocycles. The van der Waals surface area contributed by atoms with E-state index >= 15 is 0 Å². The Morgan fingerprint density at radius 1 is 1.13 bits per heavy atom. The third-order valence-electron chi connectivity index (χ3n) is 5.36. The molecule has 30 heavy (non-hydrogen) atoms. The van der Waals surface area contributed by atoms with Crippen LogP contribution in [-0.4, -0.2) is 25.4 Å². The van der Waals surface area contributed by atoms with Gasteiger partial charge in [-0.15, -0.1) is 5.10 Å². The van der Waals surface area contributed by atoms with Crippen LogP contribution < -0.4 is 0 Å². The van der Waals surface area contributed by atoms with Crippen molar-refractivity contribution in [1.29, 1.82) is 0 Å². The van der Waals surface area contributed by atoms with Gasteiger partial charge in [-0.05, 0) is 42.5 Å². The van der Waals surface area contributed by atoms with E-state index in [9.17, 15) is 4.79 Å². The Labute approximate surface area is 187 Å². The molecule has 0 radical (unpaired) electrons. The SMILES string of the molecule is Cc1cccc(C2CC(=O)c3cn4nc(SCc5ccc(Br)cc5)nc4nc3C2)c1. The van der Waals surface area contributed by atoms with E-state index in [1.165, 1.54) is 16.7 Å². The summed E-state index contributed by atoms with van der Waals surface area (Å²) >= 11 is 5.02. The second-order valence-electron chi connectivity index (χ2n) is 7.60. The van der Waals surface area contributed by atoms with Crippen molar-refractivity contribution >= 4 is 39.3 Å². The number of aromatic nitrogens is 4. The van der Waals surface area contributed by atoms with Gasteiger partial charge in [-0.25, -0.2) is 9.50 Å². The van der Waals surface area contributed by atoms with Crippen LogP contribution in [0.1, 0.15) is 45.1 Å². The lowest BCUT2D eigenvalue weighted by atomic mass is 9.82. The van der Waals surface area contributed by atoms with E-state index in [1.807, 2.05) is 12.1 Å². The molecule has 1 unspecified atom stereocenters. The fraction of sp³-hybridized carbons (Fsp3) is 0.217. The normalized spacial score (nSPS) is 16.1. The van der Waals surface area contributed by atoms with Crippen LogP contribution in [0.5, 0.6) is 0 Å². The molecule has 1 aliphatic rings. The number of aryl methyl sites for hydroxylation is 1. The zero-order valence-electron chi connectivity index (χ0n) is 16.4. The number of Topliss-reactive ketones (excluding diaryl/α,β-unsaturated/α-hetero) is 1. The number of halogens is 1. The molecule has 4 aromatic rings. The number of fused-ring (bicyclic) bond motifs is 2. The highest BCUT2D eigenvalue weighted by Gasteiger charge is 2.28. The topological polar surface area (TPSA) is 60.2 Å². The maximum absolute atomic E-state index is 12.8. The molecule has 150 valence electrons. The minimum absolute atomic E-state index is 0.122. The zero-order valence-corrected chi connectivity index (χ0v) is 18.8. The fourth-order valence-electron chi connectivity index (χ4n) is 3.81. The smallest absolute Gasteiger partial charge is 0.253 e. The maximum atomic E-state index is 12.8. The first kappa shape index (κ1) is 19.5. The third kappa shape index (κ3) is 3.91. The quantitative estimate of drug-likeness (QED) is 0.367. The Kier molecular flexibility index (Phi) is 5.16. The molecular formula is C23H19BrN4OS. The highest BCUT2D eigenvalue weighted by molar-refractivity contribution is 9.10. The molecule has 2 heterocycles. The van der Waals surface area contributed by atoms with Gasteiger partial charge in [0.05, 0.1) is 11.3 Å². The van der Waals surface area contributed by atoms with Crippen molar-refractivity contribution in [2.45, 2.75) is 36.6 Å². The third-order valence-corrected chi connectivity index (χ3v) is 6.80. The molecule has 0 bridgehead atoms. The summed E-state index contributed by atoms with van der Waals surface area (Å²) in [5.74, 6) is 1.61. The van der Waals surface area contributed by atoms with Crippen LogP contribution in [0.4, 0.5) is 0 Å². The summed E-state index contributed by atoms with van der Waals surface area (Å²) in [6.07, 6.45) is 3.04. The average Bonchev–Trinajstić information content (AvgIpc) is 3.14. The first-order valence-corrected chi connectivity index (χ1v) is 11.6. The summed E-state index contributed by atoms with van der Waals surface area (Å²) in [5, 5.41) is 5.18. The molecule has 0 saturated carbocycles. The van der Waals surface area contributed by atoms with E-state index < -0.39 is 0 Å². The molecule has 1 atom stereocenters. The number of carbonyl (C=O) groups excluding carboxylic acids is 1. The Bertz CT molecular complexity index is 1250. The Morgan fingerprint density at radius 2 is 1.97 bits per heavy atom. The van der Waals surface area contributed by atoms with E-state index in [1.54, 1.807) is 22.5 Å². The summed E-state index contributed by atoms with van der Waals surface area (Å²) in [6, 6.07) is 16.6. The first-order valence-electron chi connectivity index (χ1n) is 9.78. The van der Waals surface area contributed by atoms with Crippen LogP contribution in [0.2, 0.25) is 0 Å². The molecule has 0 fully saturated rings. The lowest BCUT2D eigenvalue weighted by Gasteiger charge is -2.23. The molecule has 5 rings (SSSR count). The minimum atomic E-state index is 0.122. The minimum Gasteiger partial charge on any atom is -0.294 e. The molecular weight excluding hydrogens is 460 g/mol. The van der Waals surface area contributed by atoms with Crippen LogP contribution in [0.3, 0.4) is 0 Å². The van der Waals surface area contributed by atoms with Crippen molar-refractivity contribution in [2.75, 3.05) is 0 Å². The van der Waals surface area contributed by atoms with Gasteiger partial charge >= 0.3 is 0 Å². The number of hydrogen-bond acceptors (Lipinski definition) is 5. The van der Waals surface area contributed by atoms with Crippen LogP contribution >= 0.6 is 27.7 Å². The Morgan fingerprint density at radius 3 is 2.77 bits per heavy atom. The van der Waals surface area contributed by atoms with Gasteiger partial charge in [-0.1, -0.05) is 69.7 Å².